The molecule has 0 unspecified atom stereocenters. The maximum atomic E-state index is 4.73. The molecule has 0 amide bonds. The van der Waals surface area contributed by atoms with Crippen LogP contribution in [0.2, 0.25) is 0 Å². The molecule has 1 aromatic rings. The quantitative estimate of drug-likeness (QED) is 0.883. The van der Waals surface area contributed by atoms with Gasteiger partial charge in [-0.05, 0) is 19.8 Å². The minimum absolute atomic E-state index is 0.356. The van der Waals surface area contributed by atoms with Gasteiger partial charge in [-0.15, -0.1) is 0 Å². The zero-order valence-electron chi connectivity index (χ0n) is 12.6. The van der Waals surface area contributed by atoms with E-state index >= 15 is 0 Å². The Morgan fingerprint density at radius 3 is 2.58 bits per heavy atom. The van der Waals surface area contributed by atoms with Crippen LogP contribution in [-0.4, -0.2) is 29.6 Å². The molecule has 0 aromatic carbocycles. The lowest BCUT2D eigenvalue weighted by atomic mass is 10.2. The predicted molar refractivity (Wildman–Crippen MR) is 80.9 cm³/mol. The smallest absolute Gasteiger partial charge is 0.135 e. The number of nitrogens with one attached hydrogen (secondary N) is 1. The molecule has 0 radical (unpaired) electrons. The van der Waals surface area contributed by atoms with Crippen LogP contribution in [0.15, 0.2) is 6.07 Å². The van der Waals surface area contributed by atoms with Crippen molar-refractivity contribution < 1.29 is 0 Å². The monoisotopic (exact) mass is 262 g/mol. The average Bonchev–Trinajstić information content (AvgIpc) is 2.91. The fourth-order valence-corrected chi connectivity index (χ4v) is 2.64. The molecule has 0 aliphatic heterocycles. The molecule has 2 rings (SSSR count). The van der Waals surface area contributed by atoms with E-state index in [1.54, 1.807) is 0 Å². The highest BCUT2D eigenvalue weighted by atomic mass is 15.2. The van der Waals surface area contributed by atoms with Crippen LogP contribution in [0.1, 0.15) is 58.2 Å². The van der Waals surface area contributed by atoms with Crippen molar-refractivity contribution in [3.63, 3.8) is 0 Å². The maximum absolute atomic E-state index is 4.73. The van der Waals surface area contributed by atoms with E-state index in [2.05, 4.69) is 49.1 Å². The minimum atomic E-state index is 0.356. The summed E-state index contributed by atoms with van der Waals surface area (Å²) < 4.78 is 0. The van der Waals surface area contributed by atoms with E-state index in [0.717, 1.165) is 24.0 Å². The summed E-state index contributed by atoms with van der Waals surface area (Å²) in [6.07, 6.45) is 5.26. The van der Waals surface area contributed by atoms with Crippen molar-refractivity contribution in [2.75, 3.05) is 23.8 Å². The first-order valence-electron chi connectivity index (χ1n) is 7.47. The van der Waals surface area contributed by atoms with Gasteiger partial charge in [0.2, 0.25) is 0 Å². The molecular weight excluding hydrogens is 236 g/mol. The maximum Gasteiger partial charge on any atom is 0.135 e. The third-order valence-corrected chi connectivity index (χ3v) is 3.84. The molecule has 0 saturated heterocycles. The molecule has 1 fully saturated rings. The molecule has 19 heavy (non-hydrogen) atoms. The van der Waals surface area contributed by atoms with Gasteiger partial charge in [-0.2, -0.15) is 0 Å². The SMILES string of the molecule is CCNc1cc(N(C)C2CCCC2)nc(C(C)C)n1. The van der Waals surface area contributed by atoms with Crippen LogP contribution >= 0.6 is 0 Å². The van der Waals surface area contributed by atoms with Crippen molar-refractivity contribution in [2.45, 2.75) is 58.4 Å². The van der Waals surface area contributed by atoms with Crippen molar-refractivity contribution in [1.82, 2.24) is 9.97 Å². The fraction of sp³-hybridized carbons (Fsp3) is 0.733. The number of anilines is 2. The normalized spacial score (nSPS) is 16.1. The van der Waals surface area contributed by atoms with E-state index in [4.69, 9.17) is 4.98 Å². The third kappa shape index (κ3) is 3.37. The number of nitrogens with zero attached hydrogens (tertiary/aromatic N) is 3. The van der Waals surface area contributed by atoms with E-state index in [0.29, 0.717) is 12.0 Å². The zero-order valence-corrected chi connectivity index (χ0v) is 12.6. The summed E-state index contributed by atoms with van der Waals surface area (Å²) >= 11 is 0. The molecule has 0 atom stereocenters. The second-order valence-electron chi connectivity index (χ2n) is 5.70. The number of aromatic nitrogens is 2. The van der Waals surface area contributed by atoms with Gasteiger partial charge in [0.25, 0.3) is 0 Å². The number of hydrogen-bond acceptors (Lipinski definition) is 4. The summed E-state index contributed by atoms with van der Waals surface area (Å²) in [6.45, 7) is 7.27. The van der Waals surface area contributed by atoms with Gasteiger partial charge in [0.1, 0.15) is 17.5 Å². The van der Waals surface area contributed by atoms with E-state index in [9.17, 15) is 0 Å². The second kappa shape index (κ2) is 6.22. The third-order valence-electron chi connectivity index (χ3n) is 3.84. The first-order chi connectivity index (χ1) is 9.11. The highest BCUT2D eigenvalue weighted by Crippen LogP contribution is 2.27. The lowest BCUT2D eigenvalue weighted by Gasteiger charge is -2.26. The van der Waals surface area contributed by atoms with E-state index in [1.165, 1.54) is 25.7 Å². The van der Waals surface area contributed by atoms with Crippen LogP contribution in [0.3, 0.4) is 0 Å². The Bertz CT molecular complexity index is 411. The molecule has 1 aromatic heterocycles. The lowest BCUT2D eigenvalue weighted by Crippen LogP contribution is -2.30. The Labute approximate surface area is 116 Å². The minimum Gasteiger partial charge on any atom is -0.370 e. The van der Waals surface area contributed by atoms with Crippen molar-refractivity contribution in [3.05, 3.63) is 11.9 Å². The van der Waals surface area contributed by atoms with E-state index in [1.807, 2.05) is 0 Å². The Kier molecular flexibility index (Phi) is 4.61. The second-order valence-corrected chi connectivity index (χ2v) is 5.70. The molecule has 106 valence electrons. The molecule has 1 N–H and O–H groups in total. The molecule has 1 aliphatic carbocycles. The molecule has 0 spiro atoms. The summed E-state index contributed by atoms with van der Waals surface area (Å²) in [5.74, 6) is 3.29. The average molecular weight is 262 g/mol. The largest absolute Gasteiger partial charge is 0.370 e. The standard InChI is InChI=1S/C15H26N4/c1-5-16-13-10-14(18-15(17-13)11(2)3)19(4)12-8-6-7-9-12/h10-12H,5-9H2,1-4H3,(H,16,17,18). The van der Waals surface area contributed by atoms with Gasteiger partial charge in [0.15, 0.2) is 0 Å². The Balaban J connectivity index is 2.26. The van der Waals surface area contributed by atoms with Crippen LogP contribution in [-0.2, 0) is 0 Å². The Hall–Kier alpha value is -1.32. The van der Waals surface area contributed by atoms with Crippen LogP contribution in [0, 0.1) is 0 Å². The van der Waals surface area contributed by atoms with Crippen LogP contribution < -0.4 is 10.2 Å². The number of rotatable bonds is 5. The summed E-state index contributed by atoms with van der Waals surface area (Å²) in [5.41, 5.74) is 0. The van der Waals surface area contributed by atoms with Crippen molar-refractivity contribution in [2.24, 2.45) is 0 Å². The lowest BCUT2D eigenvalue weighted by molar-refractivity contribution is 0.640. The highest BCUT2D eigenvalue weighted by Gasteiger charge is 2.21. The van der Waals surface area contributed by atoms with Crippen molar-refractivity contribution >= 4 is 11.6 Å². The molecule has 4 nitrogen and oxygen atoms in total. The van der Waals surface area contributed by atoms with Gasteiger partial charge in [-0.1, -0.05) is 26.7 Å². The summed E-state index contributed by atoms with van der Waals surface area (Å²) in [5, 5.41) is 3.31. The molecule has 1 heterocycles. The van der Waals surface area contributed by atoms with Gasteiger partial charge in [-0.25, -0.2) is 9.97 Å². The van der Waals surface area contributed by atoms with Gasteiger partial charge < -0.3 is 10.2 Å². The molecular formula is C15H26N4. The van der Waals surface area contributed by atoms with Crippen molar-refractivity contribution in [3.8, 4) is 0 Å². The van der Waals surface area contributed by atoms with Crippen LogP contribution in [0.5, 0.6) is 0 Å². The highest BCUT2D eigenvalue weighted by molar-refractivity contribution is 5.50. The molecule has 1 saturated carbocycles. The van der Waals surface area contributed by atoms with Crippen molar-refractivity contribution in [1.29, 1.82) is 0 Å². The van der Waals surface area contributed by atoms with Crippen LogP contribution in [0.4, 0.5) is 11.6 Å². The number of hydrogen-bond donors (Lipinski definition) is 1. The molecule has 1 aliphatic rings. The summed E-state index contributed by atoms with van der Waals surface area (Å²) in [7, 11) is 2.16. The molecule has 4 heteroatoms. The van der Waals surface area contributed by atoms with Crippen LogP contribution in [0.25, 0.3) is 0 Å². The first-order valence-corrected chi connectivity index (χ1v) is 7.47. The topological polar surface area (TPSA) is 41.0 Å². The first kappa shape index (κ1) is 14.1. The Morgan fingerprint density at radius 2 is 2.00 bits per heavy atom. The molecule has 0 bridgehead atoms. The van der Waals surface area contributed by atoms with Gasteiger partial charge in [-0.3, -0.25) is 0 Å². The predicted octanol–water partition coefficient (Wildman–Crippen LogP) is 3.41. The van der Waals surface area contributed by atoms with E-state index in [-0.39, 0.29) is 0 Å². The fourth-order valence-electron chi connectivity index (χ4n) is 2.64. The summed E-state index contributed by atoms with van der Waals surface area (Å²) in [6, 6.07) is 2.72. The Morgan fingerprint density at radius 1 is 1.32 bits per heavy atom. The van der Waals surface area contributed by atoms with Gasteiger partial charge >= 0.3 is 0 Å². The van der Waals surface area contributed by atoms with Gasteiger partial charge in [0.05, 0.1) is 0 Å². The van der Waals surface area contributed by atoms with Gasteiger partial charge in [0, 0.05) is 31.6 Å². The summed E-state index contributed by atoms with van der Waals surface area (Å²) in [4.78, 5) is 11.7. The van der Waals surface area contributed by atoms with E-state index < -0.39 is 0 Å². The zero-order chi connectivity index (χ0) is 13.8.